The van der Waals surface area contributed by atoms with E-state index in [2.05, 4.69) is 14.9 Å². The molecule has 3 rings (SSSR count). The number of imidazole rings is 1. The van der Waals surface area contributed by atoms with Crippen LogP contribution in [0.5, 0.6) is 0 Å². The number of nitrogens with one attached hydrogen (secondary N) is 1. The van der Waals surface area contributed by atoms with Crippen molar-refractivity contribution in [1.82, 2.24) is 14.9 Å². The number of aromatic nitrogens is 2. The minimum atomic E-state index is -0.0529. The highest BCUT2D eigenvalue weighted by Crippen LogP contribution is 2.16. The van der Waals surface area contributed by atoms with Crippen LogP contribution in [0.25, 0.3) is 0 Å². The van der Waals surface area contributed by atoms with E-state index in [1.807, 2.05) is 26.2 Å². The lowest BCUT2D eigenvalue weighted by molar-refractivity contribution is 0.0926. The summed E-state index contributed by atoms with van der Waals surface area (Å²) in [7, 11) is 0. The summed E-state index contributed by atoms with van der Waals surface area (Å²) < 4.78 is 7.49. The average Bonchev–Trinajstić information content (AvgIpc) is 2.94. The average molecular weight is 259 g/mol. The molecule has 1 aliphatic heterocycles. The fourth-order valence-corrected chi connectivity index (χ4v) is 2.60. The summed E-state index contributed by atoms with van der Waals surface area (Å²) in [5, 5.41) is 3.07. The first-order valence-corrected chi connectivity index (χ1v) is 6.51. The van der Waals surface area contributed by atoms with Crippen molar-refractivity contribution >= 4 is 5.91 Å². The lowest BCUT2D eigenvalue weighted by Crippen LogP contribution is -2.40. The number of hydrogen-bond acceptors (Lipinski definition) is 3. The first kappa shape index (κ1) is 12.0. The lowest BCUT2D eigenvalue weighted by atomic mass is 10.1. The molecule has 19 heavy (non-hydrogen) atoms. The molecule has 2 aromatic rings. The highest BCUT2D eigenvalue weighted by molar-refractivity contribution is 5.95. The predicted molar refractivity (Wildman–Crippen MR) is 70.0 cm³/mol. The smallest absolute Gasteiger partial charge is 0.255 e. The number of furan rings is 1. The van der Waals surface area contributed by atoms with Crippen LogP contribution in [0.2, 0.25) is 0 Å². The van der Waals surface area contributed by atoms with Crippen molar-refractivity contribution in [1.29, 1.82) is 0 Å². The van der Waals surface area contributed by atoms with Gasteiger partial charge in [-0.1, -0.05) is 0 Å². The molecule has 1 atom stereocenters. The van der Waals surface area contributed by atoms with Gasteiger partial charge in [0.2, 0.25) is 0 Å². The number of aryl methyl sites for hydroxylation is 3. The molecule has 2 aromatic heterocycles. The molecule has 0 saturated carbocycles. The monoisotopic (exact) mass is 259 g/mol. The van der Waals surface area contributed by atoms with Crippen LogP contribution in [0.4, 0.5) is 0 Å². The van der Waals surface area contributed by atoms with Crippen LogP contribution in [-0.2, 0) is 13.0 Å². The molecule has 0 unspecified atom stereocenters. The summed E-state index contributed by atoms with van der Waals surface area (Å²) in [4.78, 5) is 16.5. The van der Waals surface area contributed by atoms with Gasteiger partial charge in [-0.15, -0.1) is 0 Å². The van der Waals surface area contributed by atoms with E-state index >= 15 is 0 Å². The van der Waals surface area contributed by atoms with E-state index in [4.69, 9.17) is 4.42 Å². The van der Waals surface area contributed by atoms with Crippen LogP contribution in [0.3, 0.4) is 0 Å². The molecule has 0 aliphatic carbocycles. The number of hydrogen-bond donors (Lipinski definition) is 1. The van der Waals surface area contributed by atoms with Gasteiger partial charge in [-0.25, -0.2) is 4.98 Å². The zero-order valence-electron chi connectivity index (χ0n) is 11.1. The summed E-state index contributed by atoms with van der Waals surface area (Å²) >= 11 is 0. The third kappa shape index (κ3) is 2.28. The molecule has 0 saturated heterocycles. The highest BCUT2D eigenvalue weighted by Gasteiger charge is 2.22. The van der Waals surface area contributed by atoms with Crippen molar-refractivity contribution in [2.24, 2.45) is 0 Å². The fraction of sp³-hybridized carbons (Fsp3) is 0.429. The number of nitrogens with zero attached hydrogens (tertiary/aromatic N) is 2. The van der Waals surface area contributed by atoms with Crippen LogP contribution >= 0.6 is 0 Å². The second-order valence-electron chi connectivity index (χ2n) is 5.03. The minimum Gasteiger partial charge on any atom is -0.466 e. The van der Waals surface area contributed by atoms with Crippen LogP contribution in [0, 0.1) is 13.8 Å². The van der Waals surface area contributed by atoms with Crippen molar-refractivity contribution in [3.63, 3.8) is 0 Å². The molecule has 0 radical (unpaired) electrons. The molecule has 1 amide bonds. The Morgan fingerprint density at radius 3 is 3.11 bits per heavy atom. The molecule has 100 valence electrons. The van der Waals surface area contributed by atoms with Crippen molar-refractivity contribution in [3.8, 4) is 0 Å². The first-order chi connectivity index (χ1) is 9.13. The van der Waals surface area contributed by atoms with Gasteiger partial charge in [0.15, 0.2) is 0 Å². The van der Waals surface area contributed by atoms with E-state index in [1.165, 1.54) is 0 Å². The van der Waals surface area contributed by atoms with E-state index in [0.717, 1.165) is 31.0 Å². The first-order valence-electron chi connectivity index (χ1n) is 6.51. The quantitative estimate of drug-likeness (QED) is 0.895. The van der Waals surface area contributed by atoms with Crippen LogP contribution in [0.15, 0.2) is 22.9 Å². The molecule has 1 N–H and O–H groups in total. The van der Waals surface area contributed by atoms with E-state index in [9.17, 15) is 4.79 Å². The topological polar surface area (TPSA) is 60.1 Å². The van der Waals surface area contributed by atoms with Crippen molar-refractivity contribution in [3.05, 3.63) is 41.4 Å². The van der Waals surface area contributed by atoms with Gasteiger partial charge in [0.25, 0.3) is 5.91 Å². The summed E-state index contributed by atoms with van der Waals surface area (Å²) in [6.07, 6.45) is 5.60. The highest BCUT2D eigenvalue weighted by atomic mass is 16.3. The molecule has 0 aromatic carbocycles. The van der Waals surface area contributed by atoms with Gasteiger partial charge in [-0.05, 0) is 26.3 Å². The van der Waals surface area contributed by atoms with Crippen LogP contribution < -0.4 is 5.32 Å². The predicted octanol–water partition coefficient (Wildman–Crippen LogP) is 1.84. The van der Waals surface area contributed by atoms with Crippen LogP contribution in [0.1, 0.15) is 34.1 Å². The van der Waals surface area contributed by atoms with Gasteiger partial charge in [-0.2, -0.15) is 0 Å². The summed E-state index contributed by atoms with van der Waals surface area (Å²) in [5.41, 5.74) is 0.633. The maximum absolute atomic E-state index is 12.2. The normalized spacial score (nSPS) is 18.1. The Bertz CT molecular complexity index is 612. The van der Waals surface area contributed by atoms with Gasteiger partial charge in [0.05, 0.1) is 5.56 Å². The minimum absolute atomic E-state index is 0.0529. The number of carbonyl (C=O) groups excluding carboxylic acids is 1. The maximum Gasteiger partial charge on any atom is 0.255 e. The Labute approximate surface area is 111 Å². The molecule has 5 heteroatoms. The fourth-order valence-electron chi connectivity index (χ4n) is 2.60. The Kier molecular flexibility index (Phi) is 2.89. The third-order valence-electron chi connectivity index (χ3n) is 3.56. The van der Waals surface area contributed by atoms with Gasteiger partial charge < -0.3 is 14.3 Å². The SMILES string of the molecule is Cc1cc(C(=O)N[C@@H]2CCc3nccn3C2)c(C)o1. The second kappa shape index (κ2) is 4.57. The maximum atomic E-state index is 12.2. The second-order valence-corrected chi connectivity index (χ2v) is 5.03. The molecule has 5 nitrogen and oxygen atoms in total. The number of carbonyl (C=O) groups is 1. The Hall–Kier alpha value is -2.04. The van der Waals surface area contributed by atoms with Gasteiger partial charge in [-0.3, -0.25) is 4.79 Å². The molecule has 3 heterocycles. The Balaban J connectivity index is 1.70. The van der Waals surface area contributed by atoms with Crippen molar-refractivity contribution in [2.45, 2.75) is 39.3 Å². The van der Waals surface area contributed by atoms with Gasteiger partial charge >= 0.3 is 0 Å². The largest absolute Gasteiger partial charge is 0.466 e. The van der Waals surface area contributed by atoms with Crippen LogP contribution in [-0.4, -0.2) is 21.5 Å². The van der Waals surface area contributed by atoms with Gasteiger partial charge in [0, 0.05) is 31.4 Å². The summed E-state index contributed by atoms with van der Waals surface area (Å²) in [6, 6.07) is 1.94. The lowest BCUT2D eigenvalue weighted by Gasteiger charge is -2.24. The zero-order chi connectivity index (χ0) is 13.4. The summed E-state index contributed by atoms with van der Waals surface area (Å²) in [6.45, 7) is 4.45. The summed E-state index contributed by atoms with van der Waals surface area (Å²) in [5.74, 6) is 2.49. The number of rotatable bonds is 2. The van der Waals surface area contributed by atoms with E-state index in [0.29, 0.717) is 11.3 Å². The van der Waals surface area contributed by atoms with Gasteiger partial charge in [0.1, 0.15) is 17.3 Å². The molecule has 1 aliphatic rings. The Morgan fingerprint density at radius 1 is 1.53 bits per heavy atom. The molecule has 0 bridgehead atoms. The Morgan fingerprint density at radius 2 is 2.37 bits per heavy atom. The van der Waals surface area contributed by atoms with E-state index in [1.54, 1.807) is 6.07 Å². The zero-order valence-corrected chi connectivity index (χ0v) is 11.1. The molecular formula is C14H17N3O2. The van der Waals surface area contributed by atoms with E-state index in [-0.39, 0.29) is 11.9 Å². The number of amides is 1. The molecule has 0 spiro atoms. The number of fused-ring (bicyclic) bond motifs is 1. The van der Waals surface area contributed by atoms with Crippen molar-refractivity contribution < 1.29 is 9.21 Å². The molecule has 0 fully saturated rings. The third-order valence-corrected chi connectivity index (χ3v) is 3.56. The van der Waals surface area contributed by atoms with E-state index < -0.39 is 0 Å². The molecular weight excluding hydrogens is 242 g/mol. The standard InChI is InChI=1S/C14H17N3O2/c1-9-7-12(10(2)19-9)14(18)16-11-3-4-13-15-5-6-17(13)8-11/h5-7,11H,3-4,8H2,1-2H3,(H,16,18)/t11-/m1/s1. The van der Waals surface area contributed by atoms with Crippen molar-refractivity contribution in [2.75, 3.05) is 0 Å².